The van der Waals surface area contributed by atoms with Crippen molar-refractivity contribution >= 4 is 5.82 Å². The van der Waals surface area contributed by atoms with Crippen molar-refractivity contribution in [2.24, 2.45) is 5.92 Å². The van der Waals surface area contributed by atoms with Gasteiger partial charge in [-0.15, -0.1) is 0 Å². The highest BCUT2D eigenvalue weighted by atomic mass is 19.4. The highest BCUT2D eigenvalue weighted by molar-refractivity contribution is 5.48. The number of ether oxygens (including phenoxy) is 3. The van der Waals surface area contributed by atoms with E-state index in [4.69, 9.17) is 14.2 Å². The lowest BCUT2D eigenvalue weighted by atomic mass is 9.94. The van der Waals surface area contributed by atoms with Crippen molar-refractivity contribution in [3.05, 3.63) is 132 Å². The number of rotatable bonds is 12. The fourth-order valence-electron chi connectivity index (χ4n) is 6.65. The molecule has 1 unspecified atom stereocenters. The molecule has 0 amide bonds. The van der Waals surface area contributed by atoms with Crippen molar-refractivity contribution < 1.29 is 27.4 Å². The van der Waals surface area contributed by atoms with Crippen LogP contribution in [0.15, 0.2) is 109 Å². The first-order valence-electron chi connectivity index (χ1n) is 16.4. The maximum absolute atomic E-state index is 13.8. The van der Waals surface area contributed by atoms with Gasteiger partial charge in [0.2, 0.25) is 0 Å². The van der Waals surface area contributed by atoms with E-state index in [0.717, 1.165) is 35.6 Å². The molecule has 0 aliphatic carbocycles. The zero-order valence-electron chi connectivity index (χ0n) is 26.5. The van der Waals surface area contributed by atoms with Gasteiger partial charge in [-0.3, -0.25) is 4.90 Å². The van der Waals surface area contributed by atoms with E-state index in [1.54, 1.807) is 4.90 Å². The summed E-state index contributed by atoms with van der Waals surface area (Å²) in [6, 6.07) is 32.7. The zero-order valence-corrected chi connectivity index (χ0v) is 26.5. The number of alkyl halides is 3. The summed E-state index contributed by atoms with van der Waals surface area (Å²) in [7, 11) is 0. The Morgan fingerprint density at radius 2 is 1.19 bits per heavy atom. The summed E-state index contributed by atoms with van der Waals surface area (Å²) in [6.07, 6.45) is -2.15. The molecule has 2 saturated heterocycles. The van der Waals surface area contributed by atoms with Crippen molar-refractivity contribution in [3.63, 3.8) is 0 Å². The van der Waals surface area contributed by atoms with Crippen LogP contribution in [-0.2, 0) is 40.2 Å². The molecule has 47 heavy (non-hydrogen) atoms. The van der Waals surface area contributed by atoms with Gasteiger partial charge in [-0.05, 0) is 47.6 Å². The Morgan fingerprint density at radius 1 is 0.660 bits per heavy atom. The van der Waals surface area contributed by atoms with Crippen LogP contribution in [0.25, 0.3) is 0 Å². The van der Waals surface area contributed by atoms with Crippen LogP contribution < -0.4 is 4.90 Å². The first-order chi connectivity index (χ1) is 22.9. The molecule has 2 aliphatic heterocycles. The Balaban J connectivity index is 1.20. The number of benzene rings is 3. The van der Waals surface area contributed by atoms with Gasteiger partial charge in [0, 0.05) is 38.9 Å². The van der Waals surface area contributed by atoms with Gasteiger partial charge in [0.25, 0.3) is 0 Å². The lowest BCUT2D eigenvalue weighted by Gasteiger charge is -2.45. The van der Waals surface area contributed by atoms with E-state index in [1.165, 1.54) is 12.3 Å². The molecular weight excluding hydrogens is 603 g/mol. The molecule has 4 aromatic rings. The number of aromatic nitrogens is 1. The largest absolute Gasteiger partial charge is 0.419 e. The molecule has 0 N–H and O–H groups in total. The molecule has 0 saturated carbocycles. The number of likely N-dealkylation sites (tertiary alicyclic amines) is 1. The van der Waals surface area contributed by atoms with Crippen molar-refractivity contribution in [3.8, 4) is 0 Å². The molecule has 3 heterocycles. The van der Waals surface area contributed by atoms with E-state index < -0.39 is 11.7 Å². The predicted octanol–water partition coefficient (Wildman–Crippen LogP) is 7.39. The summed E-state index contributed by atoms with van der Waals surface area (Å²) in [5.74, 6) is 0.184. The van der Waals surface area contributed by atoms with E-state index in [1.807, 2.05) is 78.9 Å². The van der Waals surface area contributed by atoms with Gasteiger partial charge in [-0.25, -0.2) is 4.98 Å². The number of piperidine rings is 2. The van der Waals surface area contributed by atoms with E-state index in [-0.39, 0.29) is 30.0 Å². The molecule has 9 heteroatoms. The molecule has 2 fully saturated rings. The van der Waals surface area contributed by atoms with Gasteiger partial charge < -0.3 is 19.1 Å². The highest BCUT2D eigenvalue weighted by Crippen LogP contribution is 2.37. The van der Waals surface area contributed by atoms with Crippen molar-refractivity contribution in [2.45, 2.75) is 57.2 Å². The van der Waals surface area contributed by atoms with E-state index >= 15 is 0 Å². The second-order valence-electron chi connectivity index (χ2n) is 12.5. The smallest absolute Gasteiger partial charge is 0.369 e. The van der Waals surface area contributed by atoms with E-state index in [0.29, 0.717) is 52.5 Å². The Hall–Kier alpha value is -3.76. The van der Waals surface area contributed by atoms with Gasteiger partial charge in [0.15, 0.2) is 0 Å². The maximum atomic E-state index is 13.8. The lowest BCUT2D eigenvalue weighted by molar-refractivity contribution is -0.185. The average molecular weight is 646 g/mol. The Kier molecular flexibility index (Phi) is 11.2. The second kappa shape index (κ2) is 15.9. The van der Waals surface area contributed by atoms with Crippen LogP contribution in [0.5, 0.6) is 0 Å². The van der Waals surface area contributed by atoms with E-state index in [9.17, 15) is 13.2 Å². The number of nitrogens with zero attached hydrogens (tertiary/aromatic N) is 3. The number of hydrogen-bond acceptors (Lipinski definition) is 6. The normalized spacial score (nSPS) is 22.3. The summed E-state index contributed by atoms with van der Waals surface area (Å²) in [6.45, 7) is 4.35. The van der Waals surface area contributed by atoms with Crippen LogP contribution in [-0.4, -0.2) is 60.9 Å². The number of hydrogen-bond donors (Lipinski definition) is 0. The van der Waals surface area contributed by atoms with Crippen LogP contribution in [0.4, 0.5) is 19.0 Å². The molecule has 6 nitrogen and oxygen atoms in total. The average Bonchev–Trinajstić information content (AvgIpc) is 3.10. The third kappa shape index (κ3) is 9.20. The fraction of sp³-hybridized carbons (Fsp3) is 0.395. The third-order valence-corrected chi connectivity index (χ3v) is 8.94. The SMILES string of the molecule is FC(F)(F)c1cccnc1N1CCC[C@H](CN2C[C@H](OCc3ccccc3)C(OCc3ccccc3)[C@H](OCc3ccccc3)C2)C1. The maximum Gasteiger partial charge on any atom is 0.419 e. The molecule has 3 aromatic carbocycles. The van der Waals surface area contributed by atoms with Crippen LogP contribution in [0.3, 0.4) is 0 Å². The van der Waals surface area contributed by atoms with Crippen molar-refractivity contribution in [2.75, 3.05) is 37.6 Å². The zero-order chi connectivity index (χ0) is 32.5. The van der Waals surface area contributed by atoms with Crippen molar-refractivity contribution in [1.82, 2.24) is 9.88 Å². The highest BCUT2D eigenvalue weighted by Gasteiger charge is 2.41. The van der Waals surface area contributed by atoms with Gasteiger partial charge in [-0.1, -0.05) is 91.0 Å². The third-order valence-electron chi connectivity index (χ3n) is 8.94. The molecule has 1 aromatic heterocycles. The minimum atomic E-state index is -4.45. The predicted molar refractivity (Wildman–Crippen MR) is 176 cm³/mol. The molecule has 4 atom stereocenters. The molecule has 6 rings (SSSR count). The number of anilines is 1. The summed E-state index contributed by atoms with van der Waals surface area (Å²) in [5.41, 5.74) is 2.55. The molecule has 0 bridgehead atoms. The van der Waals surface area contributed by atoms with Crippen molar-refractivity contribution in [1.29, 1.82) is 0 Å². The fourth-order valence-corrected chi connectivity index (χ4v) is 6.65. The Labute approximate surface area is 275 Å². The number of halogens is 3. The minimum Gasteiger partial charge on any atom is -0.369 e. The van der Waals surface area contributed by atoms with E-state index in [2.05, 4.69) is 22.0 Å². The van der Waals surface area contributed by atoms with Crippen LogP contribution in [0.1, 0.15) is 35.1 Å². The van der Waals surface area contributed by atoms with Gasteiger partial charge in [0.05, 0.1) is 37.6 Å². The van der Waals surface area contributed by atoms with Gasteiger partial charge in [-0.2, -0.15) is 13.2 Å². The van der Waals surface area contributed by atoms with Crippen LogP contribution in [0, 0.1) is 5.92 Å². The molecule has 2 aliphatic rings. The molecule has 0 radical (unpaired) electrons. The lowest BCUT2D eigenvalue weighted by Crippen LogP contribution is -2.59. The van der Waals surface area contributed by atoms with Crippen LogP contribution >= 0.6 is 0 Å². The first kappa shape index (κ1) is 33.2. The quantitative estimate of drug-likeness (QED) is 0.160. The molecule has 248 valence electrons. The summed E-state index contributed by atoms with van der Waals surface area (Å²) in [5, 5.41) is 0. The van der Waals surface area contributed by atoms with Gasteiger partial charge >= 0.3 is 6.18 Å². The van der Waals surface area contributed by atoms with Gasteiger partial charge in [0.1, 0.15) is 11.9 Å². The first-order valence-corrected chi connectivity index (χ1v) is 16.4. The second-order valence-corrected chi connectivity index (χ2v) is 12.5. The van der Waals surface area contributed by atoms with Crippen LogP contribution in [0.2, 0.25) is 0 Å². The summed E-state index contributed by atoms with van der Waals surface area (Å²) < 4.78 is 61.4. The molecular formula is C38H42F3N3O3. The summed E-state index contributed by atoms with van der Waals surface area (Å²) >= 11 is 0. The number of pyridine rings is 1. The molecule has 0 spiro atoms. The monoisotopic (exact) mass is 645 g/mol. The Bertz CT molecular complexity index is 1460. The topological polar surface area (TPSA) is 47.1 Å². The minimum absolute atomic E-state index is 0.0193. The summed E-state index contributed by atoms with van der Waals surface area (Å²) in [4.78, 5) is 8.33. The standard InChI is InChI=1S/C38H42F3N3O3/c39-38(40,41)33-19-10-20-42-37(33)44-21-11-18-32(23-44)22-43-24-34(45-26-29-12-4-1-5-13-29)36(47-28-31-16-8-3-9-17-31)35(25-43)46-27-30-14-6-2-7-15-30/h1-10,12-17,19-20,32,34-36H,11,18,21-28H2/t32-,34-,35+,36?/m1/s1. The Morgan fingerprint density at radius 3 is 1.72 bits per heavy atom.